The number of aromatic nitrogens is 1. The van der Waals surface area contributed by atoms with Crippen molar-refractivity contribution in [3.8, 4) is 11.3 Å². The second-order valence-corrected chi connectivity index (χ2v) is 10.6. The monoisotopic (exact) mass is 537 g/mol. The SMILES string of the molecule is Cc1cc(-c2ccc3c(c2)CCN(CCC2CCC(NC(=O)/C=C/c4ccc(F)cc4)CC2)CC3)on1.Cl. The van der Waals surface area contributed by atoms with Gasteiger partial charge in [-0.05, 0) is 105 Å². The lowest BCUT2D eigenvalue weighted by atomic mass is 9.84. The fourth-order valence-corrected chi connectivity index (χ4v) is 5.60. The van der Waals surface area contributed by atoms with Gasteiger partial charge in [0.1, 0.15) is 5.82 Å². The number of rotatable bonds is 7. The smallest absolute Gasteiger partial charge is 0.244 e. The Morgan fingerprint density at radius 3 is 2.50 bits per heavy atom. The van der Waals surface area contributed by atoms with Gasteiger partial charge in [-0.3, -0.25) is 4.79 Å². The number of carbonyl (C=O) groups excluding carboxylic acids is 1. The predicted octanol–water partition coefficient (Wildman–Crippen LogP) is 6.39. The summed E-state index contributed by atoms with van der Waals surface area (Å²) in [6.45, 7) is 5.30. The third-order valence-corrected chi connectivity index (χ3v) is 7.86. The molecular formula is C31H37ClFN3O2. The summed E-state index contributed by atoms with van der Waals surface area (Å²) in [5.74, 6) is 1.23. The summed E-state index contributed by atoms with van der Waals surface area (Å²) in [7, 11) is 0. The summed E-state index contributed by atoms with van der Waals surface area (Å²) in [6.07, 6.45) is 11.1. The molecule has 202 valence electrons. The van der Waals surface area contributed by atoms with Crippen molar-refractivity contribution in [3.63, 3.8) is 0 Å². The van der Waals surface area contributed by atoms with Crippen LogP contribution in [0.25, 0.3) is 17.4 Å². The minimum atomic E-state index is -0.271. The average molecular weight is 538 g/mol. The van der Waals surface area contributed by atoms with Gasteiger partial charge in [0.05, 0.1) is 5.69 Å². The molecule has 38 heavy (non-hydrogen) atoms. The Bertz CT molecular complexity index is 1230. The molecule has 0 spiro atoms. The van der Waals surface area contributed by atoms with E-state index in [9.17, 15) is 9.18 Å². The highest BCUT2D eigenvalue weighted by Gasteiger charge is 2.23. The predicted molar refractivity (Wildman–Crippen MR) is 152 cm³/mol. The first-order chi connectivity index (χ1) is 18.0. The van der Waals surface area contributed by atoms with Crippen LogP contribution in [0.15, 0.2) is 59.1 Å². The molecule has 1 fully saturated rings. The maximum atomic E-state index is 13.0. The van der Waals surface area contributed by atoms with E-state index in [0.29, 0.717) is 0 Å². The van der Waals surface area contributed by atoms with E-state index in [1.807, 2.05) is 13.0 Å². The molecule has 1 N–H and O–H groups in total. The van der Waals surface area contributed by atoms with E-state index >= 15 is 0 Å². The van der Waals surface area contributed by atoms with E-state index in [1.165, 1.54) is 42.5 Å². The first-order valence-electron chi connectivity index (χ1n) is 13.5. The summed E-state index contributed by atoms with van der Waals surface area (Å²) in [4.78, 5) is 14.9. The second kappa shape index (κ2) is 13.2. The van der Waals surface area contributed by atoms with E-state index in [1.54, 1.807) is 24.3 Å². The Balaban J connectivity index is 0.00000336. The summed E-state index contributed by atoms with van der Waals surface area (Å²) in [5.41, 5.74) is 5.72. The molecule has 2 aliphatic rings. The quantitative estimate of drug-likeness (QED) is 0.355. The van der Waals surface area contributed by atoms with E-state index < -0.39 is 0 Å². The zero-order valence-electron chi connectivity index (χ0n) is 22.0. The highest BCUT2D eigenvalue weighted by Crippen LogP contribution is 2.29. The minimum Gasteiger partial charge on any atom is -0.356 e. The van der Waals surface area contributed by atoms with Crippen LogP contribution < -0.4 is 5.32 Å². The van der Waals surface area contributed by atoms with Crippen LogP contribution in [0.5, 0.6) is 0 Å². The maximum Gasteiger partial charge on any atom is 0.244 e. The lowest BCUT2D eigenvalue weighted by Crippen LogP contribution is -2.37. The van der Waals surface area contributed by atoms with Gasteiger partial charge in [-0.2, -0.15) is 0 Å². The van der Waals surface area contributed by atoms with Crippen LogP contribution in [0.2, 0.25) is 0 Å². The third kappa shape index (κ3) is 7.55. The Labute approximate surface area is 230 Å². The molecule has 5 rings (SSSR count). The fourth-order valence-electron chi connectivity index (χ4n) is 5.60. The van der Waals surface area contributed by atoms with Crippen molar-refractivity contribution in [2.45, 2.75) is 57.9 Å². The van der Waals surface area contributed by atoms with Gasteiger partial charge in [-0.1, -0.05) is 29.4 Å². The fraction of sp³-hybridized carbons (Fsp3) is 0.419. The van der Waals surface area contributed by atoms with Gasteiger partial charge in [0, 0.05) is 36.8 Å². The summed E-state index contributed by atoms with van der Waals surface area (Å²) >= 11 is 0. The molecule has 2 aromatic carbocycles. The number of amides is 1. The molecule has 0 unspecified atom stereocenters. The van der Waals surface area contributed by atoms with E-state index in [4.69, 9.17) is 4.52 Å². The Hall–Kier alpha value is -2.96. The number of carbonyl (C=O) groups is 1. The van der Waals surface area contributed by atoms with Crippen molar-refractivity contribution in [1.29, 1.82) is 0 Å². The molecule has 7 heteroatoms. The normalized spacial score (nSPS) is 19.9. The number of hydrogen-bond acceptors (Lipinski definition) is 4. The molecule has 0 radical (unpaired) electrons. The van der Waals surface area contributed by atoms with Crippen molar-refractivity contribution >= 4 is 24.4 Å². The van der Waals surface area contributed by atoms with E-state index in [0.717, 1.165) is 73.8 Å². The van der Waals surface area contributed by atoms with Crippen LogP contribution in [0.3, 0.4) is 0 Å². The van der Waals surface area contributed by atoms with Crippen LogP contribution in [0.4, 0.5) is 4.39 Å². The standard InChI is InChI=1S/C31H36FN3O2.ClH/c1-22-20-30(37-34-22)27-8-7-25-15-18-35(19-16-26(25)21-27)17-14-24-4-11-29(12-5-24)33-31(36)13-6-23-2-9-28(32)10-3-23;/h2-3,6-10,13,20-21,24,29H,4-5,11-12,14-19H2,1H3,(H,33,36);1H/b13-6+;. The van der Waals surface area contributed by atoms with Crippen LogP contribution in [-0.2, 0) is 17.6 Å². The molecule has 0 bridgehead atoms. The molecule has 2 heterocycles. The number of nitrogens with zero attached hydrogens (tertiary/aromatic N) is 2. The number of benzene rings is 2. The van der Waals surface area contributed by atoms with Gasteiger partial charge in [-0.25, -0.2) is 4.39 Å². The van der Waals surface area contributed by atoms with Crippen molar-refractivity contribution in [2.75, 3.05) is 19.6 Å². The largest absolute Gasteiger partial charge is 0.356 e. The third-order valence-electron chi connectivity index (χ3n) is 7.86. The summed E-state index contributed by atoms with van der Waals surface area (Å²) in [5, 5.41) is 7.17. The Kier molecular flexibility index (Phi) is 9.75. The number of halogens is 2. The van der Waals surface area contributed by atoms with Crippen molar-refractivity contribution in [1.82, 2.24) is 15.4 Å². The lowest BCUT2D eigenvalue weighted by molar-refractivity contribution is -0.117. The molecule has 3 aromatic rings. The molecule has 5 nitrogen and oxygen atoms in total. The molecule has 1 aliphatic heterocycles. The molecule has 1 aromatic heterocycles. The molecule has 1 saturated carbocycles. The molecular weight excluding hydrogens is 501 g/mol. The van der Waals surface area contributed by atoms with E-state index in [2.05, 4.69) is 33.6 Å². The Morgan fingerprint density at radius 2 is 1.79 bits per heavy atom. The highest BCUT2D eigenvalue weighted by molar-refractivity contribution is 5.91. The molecule has 1 amide bonds. The maximum absolute atomic E-state index is 13.0. The number of fused-ring (bicyclic) bond motifs is 1. The van der Waals surface area contributed by atoms with Crippen molar-refractivity contribution in [3.05, 3.63) is 82.8 Å². The van der Waals surface area contributed by atoms with Crippen molar-refractivity contribution < 1.29 is 13.7 Å². The minimum absolute atomic E-state index is 0. The van der Waals surface area contributed by atoms with Gasteiger partial charge in [0.2, 0.25) is 5.91 Å². The first-order valence-corrected chi connectivity index (χ1v) is 13.5. The number of aryl methyl sites for hydroxylation is 1. The van der Waals surface area contributed by atoms with Crippen LogP contribution in [-0.4, -0.2) is 41.6 Å². The van der Waals surface area contributed by atoms with Gasteiger partial charge in [-0.15, -0.1) is 12.4 Å². The second-order valence-electron chi connectivity index (χ2n) is 10.6. The zero-order chi connectivity index (χ0) is 25.6. The van der Waals surface area contributed by atoms with Gasteiger partial charge >= 0.3 is 0 Å². The van der Waals surface area contributed by atoms with Crippen LogP contribution >= 0.6 is 12.4 Å². The molecule has 0 saturated heterocycles. The number of hydrogen-bond donors (Lipinski definition) is 1. The van der Waals surface area contributed by atoms with Gasteiger partial charge < -0.3 is 14.7 Å². The topological polar surface area (TPSA) is 58.4 Å². The zero-order valence-corrected chi connectivity index (χ0v) is 22.8. The van der Waals surface area contributed by atoms with Gasteiger partial charge in [0.25, 0.3) is 0 Å². The first kappa shape index (κ1) is 28.1. The number of nitrogens with one attached hydrogen (secondary N) is 1. The van der Waals surface area contributed by atoms with Crippen LogP contribution in [0, 0.1) is 18.7 Å². The lowest BCUT2D eigenvalue weighted by Gasteiger charge is -2.30. The molecule has 1 aliphatic carbocycles. The summed E-state index contributed by atoms with van der Waals surface area (Å²) in [6, 6.07) is 15.1. The van der Waals surface area contributed by atoms with Crippen molar-refractivity contribution in [2.24, 2.45) is 5.92 Å². The Morgan fingerprint density at radius 1 is 1.05 bits per heavy atom. The van der Waals surface area contributed by atoms with E-state index in [-0.39, 0.29) is 30.2 Å². The average Bonchev–Trinajstić information content (AvgIpc) is 3.24. The van der Waals surface area contributed by atoms with Gasteiger partial charge in [0.15, 0.2) is 5.76 Å². The van der Waals surface area contributed by atoms with Crippen LogP contribution in [0.1, 0.15) is 54.5 Å². The highest BCUT2D eigenvalue weighted by atomic mass is 35.5. The molecule has 0 atom stereocenters. The summed E-state index contributed by atoms with van der Waals surface area (Å²) < 4.78 is 18.5.